The molecule has 0 aliphatic heterocycles. The van der Waals surface area contributed by atoms with Gasteiger partial charge in [0.05, 0.1) is 17.5 Å². The third-order valence-corrected chi connectivity index (χ3v) is 6.53. The van der Waals surface area contributed by atoms with Gasteiger partial charge in [-0.3, -0.25) is 9.59 Å². The Morgan fingerprint density at radius 3 is 2.33 bits per heavy atom. The van der Waals surface area contributed by atoms with E-state index in [-0.39, 0.29) is 17.3 Å². The van der Waals surface area contributed by atoms with Gasteiger partial charge in [-0.25, -0.2) is 14.0 Å². The summed E-state index contributed by atoms with van der Waals surface area (Å²) in [6.45, 7) is 5.74. The molecule has 2 aromatic heterocycles. The number of fused-ring (bicyclic) bond motifs is 1. The molecule has 0 amide bonds. The van der Waals surface area contributed by atoms with Crippen LogP contribution < -0.4 is 10.3 Å². The minimum atomic E-state index is -2.79. The Labute approximate surface area is 232 Å². The second kappa shape index (κ2) is 13.3. The Morgan fingerprint density at radius 1 is 1.07 bits per heavy atom. The van der Waals surface area contributed by atoms with E-state index in [9.17, 15) is 19.4 Å². The summed E-state index contributed by atoms with van der Waals surface area (Å²) in [7, 11) is -1.60. The van der Waals surface area contributed by atoms with Crippen LogP contribution in [-0.4, -0.2) is 52.0 Å². The molecule has 0 saturated carbocycles. The lowest BCUT2D eigenvalue weighted by Gasteiger charge is -2.36. The van der Waals surface area contributed by atoms with E-state index in [0.717, 1.165) is 0 Å². The van der Waals surface area contributed by atoms with Gasteiger partial charge in [-0.15, -0.1) is 4.52 Å². The molecule has 1 unspecified atom stereocenters. The van der Waals surface area contributed by atoms with Crippen LogP contribution in [0.5, 0.6) is 5.75 Å². The molecule has 0 radical (unpaired) electrons. The van der Waals surface area contributed by atoms with E-state index in [4.69, 9.17) is 29.0 Å². The maximum atomic E-state index is 12.9. The minimum Gasteiger partial charge on any atom is -0.453 e. The zero-order valence-electron chi connectivity index (χ0n) is 22.7. The second-order valence-electron chi connectivity index (χ2n) is 9.33. The van der Waals surface area contributed by atoms with Gasteiger partial charge < -0.3 is 19.9 Å². The zero-order valence-corrected chi connectivity index (χ0v) is 23.6. The predicted molar refractivity (Wildman–Crippen MR) is 142 cm³/mol. The van der Waals surface area contributed by atoms with E-state index < -0.39 is 56.4 Å². The molecule has 212 valence electrons. The number of aromatic nitrogens is 3. The Kier molecular flexibility index (Phi) is 10.1. The first-order valence-electron chi connectivity index (χ1n) is 12.3. The summed E-state index contributed by atoms with van der Waals surface area (Å²) in [5, 5.41) is 14.6. The van der Waals surface area contributed by atoms with E-state index in [2.05, 4.69) is 10.1 Å². The fraction of sp³-hybridized carbons (Fsp3) is 0.423. The van der Waals surface area contributed by atoms with E-state index in [0.29, 0.717) is 5.52 Å². The number of benzene rings is 1. The maximum absolute atomic E-state index is 12.9. The number of carbonyl (C=O) groups is 2. The average Bonchev–Trinajstić information content (AvgIpc) is 3.37. The fourth-order valence-corrected chi connectivity index (χ4v) is 4.17. The van der Waals surface area contributed by atoms with Crippen LogP contribution in [0.15, 0.2) is 48.8 Å². The summed E-state index contributed by atoms with van der Waals surface area (Å²) in [5.74, 6) is -2.17. The van der Waals surface area contributed by atoms with Crippen LogP contribution in [0.2, 0.25) is 0 Å². The zero-order chi connectivity index (χ0) is 29.4. The molecular formula is C26H31N5O8P+. The molecule has 13 nitrogen and oxygen atoms in total. The summed E-state index contributed by atoms with van der Waals surface area (Å²) in [5.41, 5.74) is 4.46. The number of ether oxygens (including phenoxy) is 3. The summed E-state index contributed by atoms with van der Waals surface area (Å²) < 4.78 is 41.9. The molecule has 2 N–H and O–H groups in total. The van der Waals surface area contributed by atoms with Crippen molar-refractivity contribution in [1.82, 2.24) is 14.6 Å². The van der Waals surface area contributed by atoms with Crippen molar-refractivity contribution in [3.63, 3.8) is 0 Å². The van der Waals surface area contributed by atoms with E-state index in [1.165, 1.54) is 18.0 Å². The van der Waals surface area contributed by atoms with Crippen molar-refractivity contribution in [3.8, 4) is 11.8 Å². The number of methoxy groups -OCH3 is 1. The normalized spacial score (nSPS) is 14.7. The van der Waals surface area contributed by atoms with Crippen LogP contribution in [0.25, 0.3) is 5.52 Å². The highest BCUT2D eigenvalue weighted by Gasteiger charge is 2.53. The van der Waals surface area contributed by atoms with Gasteiger partial charge in [0, 0.05) is 11.7 Å². The third-order valence-electron chi connectivity index (χ3n) is 5.83. The highest BCUT2D eigenvalue weighted by molar-refractivity contribution is 7.33. The van der Waals surface area contributed by atoms with Gasteiger partial charge in [-0.05, 0) is 24.3 Å². The first-order chi connectivity index (χ1) is 19.0. The number of esters is 2. The third kappa shape index (κ3) is 6.90. The molecular weight excluding hydrogens is 541 g/mol. The number of para-hydroxylation sites is 1. The van der Waals surface area contributed by atoms with Gasteiger partial charge in [-0.2, -0.15) is 10.4 Å². The molecule has 0 aliphatic carbocycles. The molecule has 1 aromatic carbocycles. The first kappa shape index (κ1) is 30.4. The van der Waals surface area contributed by atoms with Crippen LogP contribution in [0.1, 0.15) is 39.5 Å². The van der Waals surface area contributed by atoms with Crippen molar-refractivity contribution in [2.75, 3.05) is 19.5 Å². The first-order valence-corrected chi connectivity index (χ1v) is 13.4. The van der Waals surface area contributed by atoms with Gasteiger partial charge in [0.15, 0.2) is 30.4 Å². The lowest BCUT2D eigenvalue weighted by atomic mass is 9.92. The lowest BCUT2D eigenvalue weighted by molar-refractivity contribution is -0.197. The number of rotatable bonds is 13. The molecule has 0 fully saturated rings. The molecule has 40 heavy (non-hydrogen) atoms. The van der Waals surface area contributed by atoms with Crippen LogP contribution in [0.3, 0.4) is 0 Å². The largest absolute Gasteiger partial charge is 0.750 e. The number of nitrogens with two attached hydrogens (primary N) is 1. The Morgan fingerprint density at radius 2 is 1.73 bits per heavy atom. The highest BCUT2D eigenvalue weighted by Crippen LogP contribution is 2.38. The number of nitriles is 1. The summed E-state index contributed by atoms with van der Waals surface area (Å²) in [6, 6.07) is 13.4. The fourth-order valence-electron chi connectivity index (χ4n) is 3.53. The summed E-state index contributed by atoms with van der Waals surface area (Å²) >= 11 is 0. The van der Waals surface area contributed by atoms with Crippen molar-refractivity contribution < 1.29 is 37.4 Å². The second-order valence-corrected chi connectivity index (χ2v) is 10.2. The Hall–Kier alpha value is -4.11. The molecule has 3 aromatic rings. The Balaban J connectivity index is 2.09. The molecule has 0 spiro atoms. The van der Waals surface area contributed by atoms with Crippen LogP contribution in [0, 0.1) is 23.2 Å². The van der Waals surface area contributed by atoms with Gasteiger partial charge in [0.2, 0.25) is 5.60 Å². The quantitative estimate of drug-likeness (QED) is 0.232. The number of hydrogen-bond donors (Lipinski definition) is 1. The molecule has 14 heteroatoms. The number of hydrogen-bond acceptors (Lipinski definition) is 12. The molecule has 0 aliphatic rings. The van der Waals surface area contributed by atoms with Gasteiger partial charge in [-0.1, -0.05) is 45.9 Å². The molecule has 0 bridgehead atoms. The molecule has 0 saturated heterocycles. The topological polar surface area (TPSA) is 177 Å². The smallest absolute Gasteiger partial charge is 0.453 e. The average molecular weight is 573 g/mol. The van der Waals surface area contributed by atoms with Crippen molar-refractivity contribution in [1.29, 1.82) is 5.26 Å². The monoisotopic (exact) mass is 572 g/mol. The van der Waals surface area contributed by atoms with Gasteiger partial charge in [0.25, 0.3) is 0 Å². The SMILES string of the molecule is CO[C@](C#N)(CO[P+](=O)Oc1ccccc1)[C@@H](OC(=O)C(C)C)[C@@H](OC(=O)C(C)C)c1ccc2c(N)ncnn12. The highest BCUT2D eigenvalue weighted by atomic mass is 31.1. The Bertz CT molecular complexity index is 1390. The van der Waals surface area contributed by atoms with Crippen molar-refractivity contribution in [3.05, 3.63) is 54.5 Å². The van der Waals surface area contributed by atoms with E-state index >= 15 is 0 Å². The summed E-state index contributed by atoms with van der Waals surface area (Å²) in [4.78, 5) is 29.8. The lowest BCUT2D eigenvalue weighted by Crippen LogP contribution is -2.53. The number of carbonyl (C=O) groups excluding carboxylic acids is 2. The standard InChI is InChI=1S/C26H31N5O8P/c1-16(2)24(32)37-21(19-11-12-20-23(28)29-15-30-31(19)20)22(38-25(33)17(3)4)26(13-27,35-5)14-36-40(34)39-18-9-7-6-8-10-18/h6-12,15-17,21-22H,14H2,1-5H3,(H2,28,29,30)/q+1/t21-,22-,26+/m0/s1. The maximum Gasteiger partial charge on any atom is 0.750 e. The number of nitrogens with zero attached hydrogens (tertiary/aromatic N) is 4. The van der Waals surface area contributed by atoms with Crippen molar-refractivity contribution in [2.24, 2.45) is 11.8 Å². The van der Waals surface area contributed by atoms with Crippen LogP contribution in [-0.2, 0) is 32.9 Å². The number of anilines is 1. The van der Waals surface area contributed by atoms with Gasteiger partial charge in [0.1, 0.15) is 17.9 Å². The number of nitrogen functional groups attached to an aromatic ring is 1. The van der Waals surface area contributed by atoms with Crippen LogP contribution in [0.4, 0.5) is 5.82 Å². The van der Waals surface area contributed by atoms with E-state index in [1.807, 2.05) is 6.07 Å². The molecule has 3 rings (SSSR count). The summed E-state index contributed by atoms with van der Waals surface area (Å²) in [6.07, 6.45) is -1.86. The van der Waals surface area contributed by atoms with E-state index in [1.54, 1.807) is 70.2 Å². The van der Waals surface area contributed by atoms with Crippen LogP contribution >= 0.6 is 8.25 Å². The van der Waals surface area contributed by atoms with Gasteiger partial charge >= 0.3 is 20.2 Å². The predicted octanol–water partition coefficient (Wildman–Crippen LogP) is 3.78. The van der Waals surface area contributed by atoms with Crippen molar-refractivity contribution >= 4 is 31.5 Å². The molecule has 2 heterocycles. The minimum absolute atomic E-state index is 0.141. The molecule has 4 atom stereocenters. The van der Waals surface area contributed by atoms with Crippen molar-refractivity contribution in [2.45, 2.75) is 45.5 Å².